The molecular weight excluding hydrogens is 242 g/mol. The first-order valence-corrected chi connectivity index (χ1v) is 6.50. The van der Waals surface area contributed by atoms with Gasteiger partial charge in [0.2, 0.25) is 5.89 Å². The molecule has 0 spiro atoms. The molecule has 0 bridgehead atoms. The Bertz CT molecular complexity index is 490. The van der Waals surface area contributed by atoms with Gasteiger partial charge in [0.1, 0.15) is 5.76 Å². The second-order valence-electron chi connectivity index (χ2n) is 3.15. The maximum atomic E-state index is 7.14. The molecule has 2 rings (SSSR count). The van der Waals surface area contributed by atoms with Crippen molar-refractivity contribution < 1.29 is 4.42 Å². The Balaban J connectivity index is 2.19. The smallest absolute Gasteiger partial charge is 0.236 e. The maximum Gasteiger partial charge on any atom is 0.236 e. The highest BCUT2D eigenvalue weighted by molar-refractivity contribution is 8.13. The van der Waals surface area contributed by atoms with E-state index in [2.05, 4.69) is 4.98 Å². The number of amidine groups is 1. The molecule has 3 N–H and O–H groups in total. The van der Waals surface area contributed by atoms with E-state index < -0.39 is 0 Å². The van der Waals surface area contributed by atoms with Crippen molar-refractivity contribution in [2.24, 2.45) is 5.73 Å². The van der Waals surface area contributed by atoms with Gasteiger partial charge in [0.05, 0.1) is 10.6 Å². The average molecular weight is 253 g/mol. The second kappa shape index (κ2) is 4.71. The van der Waals surface area contributed by atoms with Crippen molar-refractivity contribution in [1.29, 1.82) is 5.41 Å². The normalized spacial score (nSPS) is 10.6. The number of hydrogen-bond donors (Lipinski definition) is 2. The van der Waals surface area contributed by atoms with E-state index in [0.717, 1.165) is 16.3 Å². The van der Waals surface area contributed by atoms with Crippen LogP contribution in [0.25, 0.3) is 10.8 Å². The van der Waals surface area contributed by atoms with Gasteiger partial charge in [-0.3, -0.25) is 5.41 Å². The van der Waals surface area contributed by atoms with Crippen LogP contribution < -0.4 is 5.73 Å². The van der Waals surface area contributed by atoms with Gasteiger partial charge in [-0.15, -0.1) is 11.3 Å². The number of nitrogens with zero attached hydrogens (tertiary/aromatic N) is 1. The quantitative estimate of drug-likeness (QED) is 0.651. The lowest BCUT2D eigenvalue weighted by Gasteiger charge is -1.94. The van der Waals surface area contributed by atoms with Gasteiger partial charge in [-0.1, -0.05) is 17.8 Å². The van der Waals surface area contributed by atoms with Crippen LogP contribution in [0.5, 0.6) is 0 Å². The Labute approximate surface area is 101 Å². The van der Waals surface area contributed by atoms with E-state index in [0.29, 0.717) is 11.6 Å². The minimum atomic E-state index is 0.0973. The van der Waals surface area contributed by atoms with Crippen molar-refractivity contribution in [3.63, 3.8) is 0 Å². The highest BCUT2D eigenvalue weighted by atomic mass is 32.2. The summed E-state index contributed by atoms with van der Waals surface area (Å²) in [7, 11) is 0. The first-order chi connectivity index (χ1) is 7.66. The fourth-order valence-electron chi connectivity index (χ4n) is 1.21. The zero-order valence-electron chi connectivity index (χ0n) is 8.69. The Morgan fingerprint density at radius 3 is 3.12 bits per heavy atom. The summed E-state index contributed by atoms with van der Waals surface area (Å²) in [4.78, 5) is 5.41. The van der Waals surface area contributed by atoms with Crippen LogP contribution in [0, 0.1) is 12.3 Å². The number of rotatable bonds is 3. The van der Waals surface area contributed by atoms with Crippen molar-refractivity contribution in [2.45, 2.75) is 12.7 Å². The predicted molar refractivity (Wildman–Crippen MR) is 67.8 cm³/mol. The Hall–Kier alpha value is -1.27. The zero-order valence-corrected chi connectivity index (χ0v) is 10.3. The number of thioether (sulfide) groups is 1. The lowest BCUT2D eigenvalue weighted by atomic mass is 10.4. The predicted octanol–water partition coefficient (Wildman–Crippen LogP) is 2.84. The van der Waals surface area contributed by atoms with Gasteiger partial charge >= 0.3 is 0 Å². The van der Waals surface area contributed by atoms with Crippen molar-refractivity contribution in [2.75, 3.05) is 0 Å². The molecular formula is C10H11N3OS2. The first kappa shape index (κ1) is 11.2. The molecule has 0 saturated carbocycles. The lowest BCUT2D eigenvalue weighted by Crippen LogP contribution is -2.04. The second-order valence-corrected chi connectivity index (χ2v) is 5.12. The Morgan fingerprint density at radius 2 is 2.50 bits per heavy atom. The zero-order chi connectivity index (χ0) is 11.5. The molecule has 0 aliphatic heterocycles. The van der Waals surface area contributed by atoms with E-state index >= 15 is 0 Å². The van der Waals surface area contributed by atoms with Crippen molar-refractivity contribution >= 4 is 28.3 Å². The van der Waals surface area contributed by atoms with Crippen molar-refractivity contribution in [1.82, 2.24) is 4.98 Å². The van der Waals surface area contributed by atoms with Crippen LogP contribution in [-0.4, -0.2) is 10.2 Å². The highest BCUT2D eigenvalue weighted by Gasteiger charge is 2.12. The van der Waals surface area contributed by atoms with Crippen LogP contribution in [0.4, 0.5) is 0 Å². The standard InChI is InChI=1S/C10H11N3OS2/c1-6-7(5-16-10(11)12)13-9(14-6)8-3-2-4-15-8/h2-4H,5H2,1H3,(H3,11,12). The minimum absolute atomic E-state index is 0.0973. The van der Waals surface area contributed by atoms with E-state index in [9.17, 15) is 0 Å². The van der Waals surface area contributed by atoms with Gasteiger partial charge in [0.25, 0.3) is 0 Å². The lowest BCUT2D eigenvalue weighted by molar-refractivity contribution is 0.542. The number of aromatic nitrogens is 1. The van der Waals surface area contributed by atoms with Crippen molar-refractivity contribution in [3.05, 3.63) is 29.0 Å². The first-order valence-electron chi connectivity index (χ1n) is 4.64. The monoisotopic (exact) mass is 253 g/mol. The van der Waals surface area contributed by atoms with Crippen LogP contribution in [0.15, 0.2) is 21.9 Å². The van der Waals surface area contributed by atoms with Crippen LogP contribution in [-0.2, 0) is 5.75 Å². The van der Waals surface area contributed by atoms with E-state index in [4.69, 9.17) is 15.6 Å². The number of hydrogen-bond acceptors (Lipinski definition) is 5. The fraction of sp³-hybridized carbons (Fsp3) is 0.200. The maximum absolute atomic E-state index is 7.14. The molecule has 0 aliphatic carbocycles. The summed E-state index contributed by atoms with van der Waals surface area (Å²) in [6.07, 6.45) is 0. The van der Waals surface area contributed by atoms with E-state index in [1.165, 1.54) is 11.8 Å². The third-order valence-corrected chi connectivity index (χ3v) is 3.58. The van der Waals surface area contributed by atoms with Gasteiger partial charge in [-0.25, -0.2) is 4.98 Å². The van der Waals surface area contributed by atoms with E-state index in [1.807, 2.05) is 24.4 Å². The molecule has 2 aromatic heterocycles. The summed E-state index contributed by atoms with van der Waals surface area (Å²) >= 11 is 2.84. The van der Waals surface area contributed by atoms with Gasteiger partial charge in [0.15, 0.2) is 5.17 Å². The molecule has 6 heteroatoms. The van der Waals surface area contributed by atoms with Crippen LogP contribution >= 0.6 is 23.1 Å². The van der Waals surface area contributed by atoms with Gasteiger partial charge in [-0.2, -0.15) is 0 Å². The SMILES string of the molecule is Cc1oc(-c2cccs2)nc1CSC(=N)N. The van der Waals surface area contributed by atoms with Crippen molar-refractivity contribution in [3.8, 4) is 10.8 Å². The summed E-state index contributed by atoms with van der Waals surface area (Å²) in [5.74, 6) is 2.01. The largest absolute Gasteiger partial charge is 0.440 e. The molecule has 0 saturated heterocycles. The third-order valence-electron chi connectivity index (χ3n) is 1.99. The minimum Gasteiger partial charge on any atom is -0.440 e. The number of nitrogens with two attached hydrogens (primary N) is 1. The molecule has 0 aromatic carbocycles. The molecule has 0 amide bonds. The number of nitrogens with one attached hydrogen (secondary N) is 1. The Kier molecular flexibility index (Phi) is 3.31. The van der Waals surface area contributed by atoms with Crippen LogP contribution in [0.3, 0.4) is 0 Å². The number of aryl methyl sites for hydroxylation is 1. The summed E-state index contributed by atoms with van der Waals surface area (Å²) in [5, 5.41) is 9.23. The highest BCUT2D eigenvalue weighted by Crippen LogP contribution is 2.27. The van der Waals surface area contributed by atoms with E-state index in [-0.39, 0.29) is 5.17 Å². The molecule has 16 heavy (non-hydrogen) atoms. The summed E-state index contributed by atoms with van der Waals surface area (Å²) in [5.41, 5.74) is 6.13. The van der Waals surface area contributed by atoms with Gasteiger partial charge < -0.3 is 10.2 Å². The molecule has 84 valence electrons. The van der Waals surface area contributed by atoms with Gasteiger partial charge in [-0.05, 0) is 18.4 Å². The molecule has 0 aliphatic rings. The average Bonchev–Trinajstić information content (AvgIpc) is 2.83. The molecule has 2 aromatic rings. The van der Waals surface area contributed by atoms with Crippen LogP contribution in [0.2, 0.25) is 0 Å². The summed E-state index contributed by atoms with van der Waals surface area (Å²) < 4.78 is 5.57. The summed E-state index contributed by atoms with van der Waals surface area (Å²) in [6, 6.07) is 3.93. The van der Waals surface area contributed by atoms with Gasteiger partial charge in [0, 0.05) is 5.75 Å². The molecule has 0 unspecified atom stereocenters. The third kappa shape index (κ3) is 2.45. The van der Waals surface area contributed by atoms with Crippen LogP contribution in [0.1, 0.15) is 11.5 Å². The van der Waals surface area contributed by atoms with E-state index in [1.54, 1.807) is 11.3 Å². The topological polar surface area (TPSA) is 75.9 Å². The molecule has 4 nitrogen and oxygen atoms in total. The number of thiophene rings is 1. The molecule has 0 atom stereocenters. The fourth-order valence-corrected chi connectivity index (χ4v) is 2.42. The number of oxazole rings is 1. The molecule has 2 heterocycles. The Morgan fingerprint density at radius 1 is 1.69 bits per heavy atom. The molecule has 0 radical (unpaired) electrons. The molecule has 0 fully saturated rings. The summed E-state index contributed by atoms with van der Waals surface area (Å²) in [6.45, 7) is 1.88.